The maximum atomic E-state index is 12.5. The van der Waals surface area contributed by atoms with E-state index in [1.54, 1.807) is 6.92 Å². The third-order valence-corrected chi connectivity index (χ3v) is 3.61. The number of nitrogens with two attached hydrogens (primary N) is 1. The van der Waals surface area contributed by atoms with Gasteiger partial charge in [-0.05, 0) is 44.0 Å². The predicted octanol–water partition coefficient (Wildman–Crippen LogP) is 3.85. The van der Waals surface area contributed by atoms with Crippen molar-refractivity contribution in [2.45, 2.75) is 39.0 Å². The van der Waals surface area contributed by atoms with Gasteiger partial charge in [-0.2, -0.15) is 0 Å². The zero-order valence-electron chi connectivity index (χ0n) is 14.3. The van der Waals surface area contributed by atoms with Crippen molar-refractivity contribution in [3.8, 4) is 0 Å². The fraction of sp³-hybridized carbons (Fsp3) is 0.316. The number of anilines is 1. The number of amides is 1. The SMILES string of the molecule is CC(C)OCc1cccc(NC(=O)C(C)(N)c2ccccc2)c1.Cl. The number of nitrogens with one attached hydrogen (secondary N) is 1. The summed E-state index contributed by atoms with van der Waals surface area (Å²) in [6.07, 6.45) is 0.165. The van der Waals surface area contributed by atoms with Crippen LogP contribution in [0.25, 0.3) is 0 Å². The summed E-state index contributed by atoms with van der Waals surface area (Å²) < 4.78 is 5.59. The molecule has 1 atom stereocenters. The van der Waals surface area contributed by atoms with Gasteiger partial charge in [-0.25, -0.2) is 0 Å². The van der Waals surface area contributed by atoms with Crippen molar-refractivity contribution in [2.24, 2.45) is 5.73 Å². The van der Waals surface area contributed by atoms with E-state index in [4.69, 9.17) is 10.5 Å². The molecule has 0 aliphatic heterocycles. The quantitative estimate of drug-likeness (QED) is 0.833. The van der Waals surface area contributed by atoms with Crippen molar-refractivity contribution in [1.82, 2.24) is 0 Å². The maximum absolute atomic E-state index is 12.5. The fourth-order valence-corrected chi connectivity index (χ4v) is 2.18. The molecule has 0 saturated carbocycles. The van der Waals surface area contributed by atoms with Crippen molar-refractivity contribution in [1.29, 1.82) is 0 Å². The van der Waals surface area contributed by atoms with E-state index in [2.05, 4.69) is 5.32 Å². The van der Waals surface area contributed by atoms with Gasteiger partial charge >= 0.3 is 0 Å². The van der Waals surface area contributed by atoms with E-state index in [1.807, 2.05) is 68.4 Å². The summed E-state index contributed by atoms with van der Waals surface area (Å²) in [7, 11) is 0. The number of hydrogen-bond donors (Lipinski definition) is 2. The van der Waals surface area contributed by atoms with E-state index in [-0.39, 0.29) is 24.4 Å². The summed E-state index contributed by atoms with van der Waals surface area (Å²) in [5.41, 5.74) is 7.64. The van der Waals surface area contributed by atoms with E-state index < -0.39 is 5.54 Å². The summed E-state index contributed by atoms with van der Waals surface area (Å²) in [6.45, 7) is 6.21. The van der Waals surface area contributed by atoms with Crippen LogP contribution in [-0.4, -0.2) is 12.0 Å². The molecule has 0 fully saturated rings. The second kappa shape index (κ2) is 8.83. The molecule has 1 amide bonds. The molecule has 0 spiro atoms. The molecule has 4 nitrogen and oxygen atoms in total. The topological polar surface area (TPSA) is 64.3 Å². The van der Waals surface area contributed by atoms with Crippen LogP contribution in [0.3, 0.4) is 0 Å². The lowest BCUT2D eigenvalue weighted by Crippen LogP contribution is -2.45. The Kier molecular flexibility index (Phi) is 7.42. The number of halogens is 1. The molecule has 0 saturated heterocycles. The van der Waals surface area contributed by atoms with Gasteiger partial charge in [0.2, 0.25) is 5.91 Å². The molecular formula is C19H25ClN2O2. The summed E-state index contributed by atoms with van der Waals surface area (Å²) in [6, 6.07) is 17.0. The van der Waals surface area contributed by atoms with Crippen molar-refractivity contribution >= 4 is 24.0 Å². The van der Waals surface area contributed by atoms with E-state index in [0.717, 1.165) is 11.1 Å². The molecule has 3 N–H and O–H groups in total. The first-order valence-corrected chi connectivity index (χ1v) is 7.76. The molecule has 0 bridgehead atoms. The van der Waals surface area contributed by atoms with Crippen LogP contribution >= 0.6 is 12.4 Å². The van der Waals surface area contributed by atoms with Crippen LogP contribution in [0.5, 0.6) is 0 Å². The average molecular weight is 349 g/mol. The van der Waals surface area contributed by atoms with Crippen LogP contribution in [0, 0.1) is 0 Å². The molecule has 1 unspecified atom stereocenters. The van der Waals surface area contributed by atoms with Crippen LogP contribution in [0.2, 0.25) is 0 Å². The number of rotatable bonds is 6. The molecule has 2 aromatic rings. The van der Waals surface area contributed by atoms with Crippen molar-refractivity contribution in [2.75, 3.05) is 5.32 Å². The lowest BCUT2D eigenvalue weighted by molar-refractivity contribution is -0.120. The van der Waals surface area contributed by atoms with Gasteiger partial charge in [0, 0.05) is 5.69 Å². The van der Waals surface area contributed by atoms with Crippen molar-refractivity contribution in [3.05, 3.63) is 65.7 Å². The summed E-state index contributed by atoms with van der Waals surface area (Å²) >= 11 is 0. The highest BCUT2D eigenvalue weighted by Crippen LogP contribution is 2.20. The zero-order chi connectivity index (χ0) is 16.9. The molecule has 0 aliphatic rings. The Hall–Kier alpha value is -1.88. The molecule has 0 heterocycles. The second-order valence-electron chi connectivity index (χ2n) is 6.08. The average Bonchev–Trinajstić information content (AvgIpc) is 2.54. The summed E-state index contributed by atoms with van der Waals surface area (Å²) in [5.74, 6) is -0.245. The molecule has 5 heteroatoms. The second-order valence-corrected chi connectivity index (χ2v) is 6.08. The van der Waals surface area contributed by atoms with E-state index in [0.29, 0.717) is 12.3 Å². The molecule has 2 rings (SSSR count). The molecule has 0 aliphatic carbocycles. The third-order valence-electron chi connectivity index (χ3n) is 3.61. The summed E-state index contributed by atoms with van der Waals surface area (Å²) in [4.78, 5) is 12.5. The minimum atomic E-state index is -1.09. The highest BCUT2D eigenvalue weighted by Gasteiger charge is 2.30. The molecule has 130 valence electrons. The van der Waals surface area contributed by atoms with Gasteiger partial charge in [0.25, 0.3) is 0 Å². The number of ether oxygens (including phenoxy) is 1. The van der Waals surface area contributed by atoms with Gasteiger partial charge in [0.15, 0.2) is 0 Å². The smallest absolute Gasteiger partial charge is 0.248 e. The van der Waals surface area contributed by atoms with E-state index in [9.17, 15) is 4.79 Å². The number of carbonyl (C=O) groups excluding carboxylic acids is 1. The lowest BCUT2D eigenvalue weighted by atomic mass is 9.92. The van der Waals surface area contributed by atoms with Crippen LogP contribution in [0.1, 0.15) is 31.9 Å². The Bertz CT molecular complexity index is 657. The Labute approximate surface area is 149 Å². The first-order valence-electron chi connectivity index (χ1n) is 7.76. The fourth-order valence-electron chi connectivity index (χ4n) is 2.18. The van der Waals surface area contributed by atoms with Crippen LogP contribution < -0.4 is 11.1 Å². The van der Waals surface area contributed by atoms with Crippen LogP contribution in [-0.2, 0) is 21.7 Å². The molecule has 0 radical (unpaired) electrons. The monoisotopic (exact) mass is 348 g/mol. The van der Waals surface area contributed by atoms with Crippen molar-refractivity contribution < 1.29 is 9.53 Å². The third kappa shape index (κ3) is 5.34. The minimum Gasteiger partial charge on any atom is -0.374 e. The predicted molar refractivity (Wildman–Crippen MR) is 100 cm³/mol. The Morgan fingerprint density at radius 1 is 1.17 bits per heavy atom. The Morgan fingerprint density at radius 2 is 1.83 bits per heavy atom. The number of benzene rings is 2. The van der Waals surface area contributed by atoms with Gasteiger partial charge < -0.3 is 15.8 Å². The standard InChI is InChI=1S/C19H24N2O2.ClH/c1-14(2)23-13-15-8-7-11-17(12-15)21-18(22)19(3,20)16-9-5-4-6-10-16;/h4-12,14H,13,20H2,1-3H3,(H,21,22);1H. The highest BCUT2D eigenvalue weighted by molar-refractivity contribution is 5.98. The first kappa shape index (κ1) is 20.2. The Morgan fingerprint density at radius 3 is 2.46 bits per heavy atom. The van der Waals surface area contributed by atoms with Gasteiger partial charge in [-0.15, -0.1) is 12.4 Å². The minimum absolute atomic E-state index is 0. The van der Waals surface area contributed by atoms with E-state index in [1.165, 1.54) is 0 Å². The largest absolute Gasteiger partial charge is 0.374 e. The van der Waals surface area contributed by atoms with Gasteiger partial charge in [-0.3, -0.25) is 4.79 Å². The lowest BCUT2D eigenvalue weighted by Gasteiger charge is -2.24. The maximum Gasteiger partial charge on any atom is 0.248 e. The highest BCUT2D eigenvalue weighted by atomic mass is 35.5. The molecule has 24 heavy (non-hydrogen) atoms. The van der Waals surface area contributed by atoms with Gasteiger partial charge in [-0.1, -0.05) is 42.5 Å². The van der Waals surface area contributed by atoms with Crippen molar-refractivity contribution in [3.63, 3.8) is 0 Å². The molecule has 0 aromatic heterocycles. The first-order chi connectivity index (χ1) is 10.9. The zero-order valence-corrected chi connectivity index (χ0v) is 15.1. The van der Waals surface area contributed by atoms with Crippen LogP contribution in [0.15, 0.2) is 54.6 Å². The van der Waals surface area contributed by atoms with E-state index >= 15 is 0 Å². The molecular weight excluding hydrogens is 324 g/mol. The van der Waals surface area contributed by atoms with Gasteiger partial charge in [0.1, 0.15) is 5.54 Å². The van der Waals surface area contributed by atoms with Crippen LogP contribution in [0.4, 0.5) is 5.69 Å². The molecule has 2 aromatic carbocycles. The number of carbonyl (C=O) groups is 1. The van der Waals surface area contributed by atoms with Gasteiger partial charge in [0.05, 0.1) is 12.7 Å². The Balaban J connectivity index is 0.00000288. The normalized spacial score (nSPS) is 13.0. The summed E-state index contributed by atoms with van der Waals surface area (Å²) in [5, 5.41) is 2.89. The number of hydrogen-bond acceptors (Lipinski definition) is 3.